The summed E-state index contributed by atoms with van der Waals surface area (Å²) in [4.78, 5) is 8.05. The van der Waals surface area contributed by atoms with Crippen LogP contribution in [0.25, 0.3) is 38.5 Å². The van der Waals surface area contributed by atoms with Gasteiger partial charge in [-0.25, -0.2) is 9.67 Å². The third-order valence-electron chi connectivity index (χ3n) is 4.42. The Balaban J connectivity index is 1.61. The van der Waals surface area contributed by atoms with Crippen molar-refractivity contribution in [2.75, 3.05) is 0 Å². The first-order valence-corrected chi connectivity index (χ1v) is 9.31. The van der Waals surface area contributed by atoms with E-state index >= 15 is 0 Å². The van der Waals surface area contributed by atoms with E-state index in [0.29, 0.717) is 0 Å². The maximum Gasteiger partial charge on any atom is 0.211 e. The fourth-order valence-electron chi connectivity index (χ4n) is 3.17. The van der Waals surface area contributed by atoms with Gasteiger partial charge in [-0.05, 0) is 31.2 Å². The van der Waals surface area contributed by atoms with Gasteiger partial charge in [-0.15, -0.1) is 11.3 Å². The van der Waals surface area contributed by atoms with Gasteiger partial charge < -0.3 is 4.98 Å². The second kappa shape index (κ2) is 5.97. The molecule has 0 radical (unpaired) electrons. The van der Waals surface area contributed by atoms with E-state index in [1.807, 2.05) is 36.0 Å². The van der Waals surface area contributed by atoms with E-state index in [2.05, 4.69) is 57.9 Å². The van der Waals surface area contributed by atoms with Crippen LogP contribution in [-0.4, -0.2) is 19.7 Å². The van der Waals surface area contributed by atoms with Crippen LogP contribution in [-0.2, 0) is 0 Å². The van der Waals surface area contributed by atoms with Crippen LogP contribution >= 0.6 is 11.3 Å². The molecule has 2 aromatic carbocycles. The van der Waals surface area contributed by atoms with E-state index < -0.39 is 0 Å². The molecular formula is C21H16N4S. The average Bonchev–Trinajstić information content (AvgIpc) is 3.40. The Morgan fingerprint density at radius 3 is 2.73 bits per heavy atom. The SMILES string of the molecule is Cc1cc(-c2ccc3[nH]ccc3c2)n(-c2nc(-c3ccccc3)cs2)n1. The molecular weight excluding hydrogens is 340 g/mol. The molecule has 0 fully saturated rings. The van der Waals surface area contributed by atoms with Gasteiger partial charge in [0.25, 0.3) is 0 Å². The second-order valence-electron chi connectivity index (χ2n) is 6.24. The molecule has 0 aliphatic heterocycles. The summed E-state index contributed by atoms with van der Waals surface area (Å²) in [5.74, 6) is 0. The van der Waals surface area contributed by atoms with Crippen LogP contribution in [0.1, 0.15) is 5.69 Å². The summed E-state index contributed by atoms with van der Waals surface area (Å²) in [7, 11) is 0. The third-order valence-corrected chi connectivity index (χ3v) is 5.24. The quantitative estimate of drug-likeness (QED) is 0.467. The number of aromatic nitrogens is 4. The number of aromatic amines is 1. The summed E-state index contributed by atoms with van der Waals surface area (Å²) in [6, 6.07) is 20.8. The number of nitrogens with one attached hydrogen (secondary N) is 1. The zero-order valence-electron chi connectivity index (χ0n) is 14.2. The number of H-pyrrole nitrogens is 1. The first kappa shape index (κ1) is 15.1. The van der Waals surface area contributed by atoms with Gasteiger partial charge in [0.05, 0.1) is 17.1 Å². The van der Waals surface area contributed by atoms with Crippen molar-refractivity contribution in [3.63, 3.8) is 0 Å². The van der Waals surface area contributed by atoms with E-state index in [1.54, 1.807) is 11.3 Å². The largest absolute Gasteiger partial charge is 0.361 e. The molecule has 0 saturated carbocycles. The Labute approximate surface area is 154 Å². The van der Waals surface area contributed by atoms with Crippen molar-refractivity contribution in [1.29, 1.82) is 0 Å². The monoisotopic (exact) mass is 356 g/mol. The summed E-state index contributed by atoms with van der Waals surface area (Å²) in [6.45, 7) is 2.01. The summed E-state index contributed by atoms with van der Waals surface area (Å²) >= 11 is 1.61. The smallest absolute Gasteiger partial charge is 0.211 e. The zero-order valence-corrected chi connectivity index (χ0v) is 15.0. The van der Waals surface area contributed by atoms with Gasteiger partial charge in [-0.3, -0.25) is 0 Å². The summed E-state index contributed by atoms with van der Waals surface area (Å²) in [5, 5.41) is 8.84. The second-order valence-corrected chi connectivity index (χ2v) is 7.08. The van der Waals surface area contributed by atoms with Crippen LogP contribution in [0.5, 0.6) is 0 Å². The molecule has 0 aliphatic carbocycles. The molecule has 0 atom stereocenters. The first-order valence-electron chi connectivity index (χ1n) is 8.43. The van der Waals surface area contributed by atoms with Crippen LogP contribution in [0.4, 0.5) is 0 Å². The van der Waals surface area contributed by atoms with Gasteiger partial charge in [0.15, 0.2) is 0 Å². The molecule has 1 N–H and O–H groups in total. The molecule has 3 aromatic heterocycles. The number of nitrogens with zero attached hydrogens (tertiary/aromatic N) is 3. The van der Waals surface area contributed by atoms with Crippen LogP contribution in [0.3, 0.4) is 0 Å². The molecule has 26 heavy (non-hydrogen) atoms. The molecule has 0 unspecified atom stereocenters. The molecule has 126 valence electrons. The lowest BCUT2D eigenvalue weighted by atomic mass is 10.1. The van der Waals surface area contributed by atoms with Crippen molar-refractivity contribution in [1.82, 2.24) is 19.7 Å². The van der Waals surface area contributed by atoms with Crippen molar-refractivity contribution >= 4 is 22.2 Å². The Morgan fingerprint density at radius 2 is 1.85 bits per heavy atom. The molecule has 0 saturated heterocycles. The molecule has 0 bridgehead atoms. The highest BCUT2D eigenvalue weighted by atomic mass is 32.1. The first-order chi connectivity index (χ1) is 12.8. The zero-order chi connectivity index (χ0) is 17.5. The number of hydrogen-bond donors (Lipinski definition) is 1. The minimum Gasteiger partial charge on any atom is -0.361 e. The molecule has 0 spiro atoms. The van der Waals surface area contributed by atoms with Gasteiger partial charge in [0.2, 0.25) is 5.13 Å². The number of aryl methyl sites for hydroxylation is 1. The van der Waals surface area contributed by atoms with Gasteiger partial charge in [0, 0.05) is 33.6 Å². The van der Waals surface area contributed by atoms with Crippen molar-refractivity contribution in [2.24, 2.45) is 0 Å². The highest BCUT2D eigenvalue weighted by molar-refractivity contribution is 7.12. The van der Waals surface area contributed by atoms with Crippen LogP contribution in [0.2, 0.25) is 0 Å². The minimum atomic E-state index is 0.876. The average molecular weight is 356 g/mol. The standard InChI is InChI=1S/C21H16N4S/c1-14-11-20(17-7-8-18-16(12-17)9-10-22-18)25(24-14)21-23-19(13-26-21)15-5-3-2-4-6-15/h2-13,22H,1H3. The van der Waals surface area contributed by atoms with E-state index in [0.717, 1.165) is 38.9 Å². The van der Waals surface area contributed by atoms with Crippen LogP contribution < -0.4 is 0 Å². The Hall–Kier alpha value is -3.18. The lowest BCUT2D eigenvalue weighted by molar-refractivity contribution is 0.860. The van der Waals surface area contributed by atoms with Crippen molar-refractivity contribution < 1.29 is 0 Å². The summed E-state index contributed by atoms with van der Waals surface area (Å²) in [5.41, 5.74) is 6.40. The van der Waals surface area contributed by atoms with Gasteiger partial charge in [0.1, 0.15) is 0 Å². The number of rotatable bonds is 3. The van der Waals surface area contributed by atoms with Crippen molar-refractivity contribution in [3.8, 4) is 27.6 Å². The van der Waals surface area contributed by atoms with Crippen molar-refractivity contribution in [2.45, 2.75) is 6.92 Å². The van der Waals surface area contributed by atoms with Gasteiger partial charge >= 0.3 is 0 Å². The number of benzene rings is 2. The van der Waals surface area contributed by atoms with E-state index in [4.69, 9.17) is 4.98 Å². The Kier molecular flexibility index (Phi) is 3.47. The predicted octanol–water partition coefficient (Wildman–Crippen LogP) is 5.45. The maximum atomic E-state index is 4.82. The lowest BCUT2D eigenvalue weighted by Crippen LogP contribution is -1.98. The van der Waals surface area contributed by atoms with Gasteiger partial charge in [-0.1, -0.05) is 36.4 Å². The molecule has 5 heteroatoms. The minimum absolute atomic E-state index is 0.876. The van der Waals surface area contributed by atoms with Gasteiger partial charge in [-0.2, -0.15) is 5.10 Å². The fraction of sp³-hybridized carbons (Fsp3) is 0.0476. The van der Waals surface area contributed by atoms with E-state index in [-0.39, 0.29) is 0 Å². The molecule has 3 heterocycles. The topological polar surface area (TPSA) is 46.5 Å². The summed E-state index contributed by atoms with van der Waals surface area (Å²) in [6.07, 6.45) is 1.96. The normalized spacial score (nSPS) is 11.3. The third kappa shape index (κ3) is 2.53. The van der Waals surface area contributed by atoms with E-state index in [9.17, 15) is 0 Å². The van der Waals surface area contributed by atoms with Crippen LogP contribution in [0, 0.1) is 6.92 Å². The predicted molar refractivity (Wildman–Crippen MR) is 107 cm³/mol. The lowest BCUT2D eigenvalue weighted by Gasteiger charge is -2.05. The molecule has 5 rings (SSSR count). The Morgan fingerprint density at radius 1 is 0.962 bits per heavy atom. The number of fused-ring (bicyclic) bond motifs is 1. The fourth-order valence-corrected chi connectivity index (χ4v) is 3.96. The number of hydrogen-bond acceptors (Lipinski definition) is 3. The molecule has 0 amide bonds. The molecule has 5 aromatic rings. The molecule has 4 nitrogen and oxygen atoms in total. The Bertz CT molecular complexity index is 1200. The highest BCUT2D eigenvalue weighted by Crippen LogP contribution is 2.30. The molecule has 0 aliphatic rings. The summed E-state index contributed by atoms with van der Waals surface area (Å²) < 4.78 is 1.94. The van der Waals surface area contributed by atoms with E-state index in [1.165, 1.54) is 5.39 Å². The highest BCUT2D eigenvalue weighted by Gasteiger charge is 2.14. The van der Waals surface area contributed by atoms with Crippen LogP contribution in [0.15, 0.2) is 72.2 Å². The number of thiazole rings is 1. The van der Waals surface area contributed by atoms with Crippen molar-refractivity contribution in [3.05, 3.63) is 77.9 Å². The maximum absolute atomic E-state index is 4.82.